The molecule has 1 saturated heterocycles. The summed E-state index contributed by atoms with van der Waals surface area (Å²) >= 11 is 0. The highest BCUT2D eigenvalue weighted by molar-refractivity contribution is 5.70. The molecule has 0 saturated carbocycles. The van der Waals surface area contributed by atoms with Crippen LogP contribution in [0.5, 0.6) is 0 Å². The van der Waals surface area contributed by atoms with Crippen molar-refractivity contribution in [1.82, 2.24) is 19.5 Å². The Morgan fingerprint density at radius 2 is 1.89 bits per heavy atom. The van der Waals surface area contributed by atoms with Crippen molar-refractivity contribution >= 4 is 17.1 Å². The van der Waals surface area contributed by atoms with E-state index in [1.54, 1.807) is 0 Å². The van der Waals surface area contributed by atoms with E-state index >= 15 is 0 Å². The first-order chi connectivity index (χ1) is 13.5. The quantitative estimate of drug-likeness (QED) is 0.233. The molecule has 156 valence electrons. The fourth-order valence-corrected chi connectivity index (χ4v) is 3.25. The van der Waals surface area contributed by atoms with Gasteiger partial charge in [-0.3, -0.25) is 14.8 Å². The number of ether oxygens (including phenoxy) is 1. The monoisotopic (exact) mass is 398 g/mol. The van der Waals surface area contributed by atoms with Crippen LogP contribution in [-0.2, 0) is 4.74 Å². The van der Waals surface area contributed by atoms with Gasteiger partial charge in [-0.25, -0.2) is 9.36 Å². The normalized spacial score (nSPS) is 24.9. The average Bonchev–Trinajstić information content (AvgIpc) is 3.15. The number of nitrogens with one attached hydrogen (secondary N) is 3. The maximum atomic E-state index is 12.3. The molecule has 0 amide bonds. The smallest absolute Gasteiger partial charge is 0.330 e. The Balaban J connectivity index is 1.84. The third kappa shape index (κ3) is 3.95. The molecule has 2 aromatic heterocycles. The zero-order chi connectivity index (χ0) is 20.3. The third-order valence-electron chi connectivity index (χ3n) is 4.77. The summed E-state index contributed by atoms with van der Waals surface area (Å²) in [5.41, 5.74) is 4.08. The van der Waals surface area contributed by atoms with Gasteiger partial charge >= 0.3 is 5.69 Å². The van der Waals surface area contributed by atoms with Crippen LogP contribution >= 0.6 is 0 Å². The molecule has 4 atom stereocenters. The Bertz CT molecular complexity index is 907. The molecule has 28 heavy (non-hydrogen) atoms. The summed E-state index contributed by atoms with van der Waals surface area (Å²) in [6.07, 6.45) is -1.36. The van der Waals surface area contributed by atoms with Crippen molar-refractivity contribution in [2.45, 2.75) is 50.2 Å². The number of aromatic nitrogens is 4. The molecular weight excluding hydrogens is 372 g/mol. The van der Waals surface area contributed by atoms with E-state index in [2.05, 4.69) is 20.3 Å². The minimum Gasteiger partial charge on any atom is -0.394 e. The molecule has 0 bridgehead atoms. The minimum atomic E-state index is -1.46. The summed E-state index contributed by atoms with van der Waals surface area (Å²) in [5.74, 6) is 0.177. The highest BCUT2D eigenvalue weighted by Crippen LogP contribution is 2.29. The lowest BCUT2D eigenvalue weighted by Crippen LogP contribution is -2.35. The molecule has 1 aliphatic rings. The molecule has 3 rings (SSSR count). The predicted molar refractivity (Wildman–Crippen MR) is 100.0 cm³/mol. The van der Waals surface area contributed by atoms with Gasteiger partial charge in [0.25, 0.3) is 5.56 Å². The first kappa shape index (κ1) is 20.5. The maximum Gasteiger partial charge on any atom is 0.330 e. The molecule has 12 heteroatoms. The molecule has 1 fully saturated rings. The Hall–Kier alpha value is -2.25. The molecule has 1 aliphatic heterocycles. The van der Waals surface area contributed by atoms with E-state index in [4.69, 9.17) is 10.5 Å². The molecule has 2 aromatic rings. The lowest BCUT2D eigenvalue weighted by atomic mass is 10.1. The number of unbranched alkanes of at least 4 members (excludes halogenated alkanes) is 3. The number of nitrogens with zero attached hydrogens (tertiary/aromatic N) is 2. The molecular formula is C16H26N6O6. The van der Waals surface area contributed by atoms with Crippen molar-refractivity contribution < 1.29 is 20.1 Å². The predicted octanol–water partition coefficient (Wildman–Crippen LogP) is -2.04. The van der Waals surface area contributed by atoms with E-state index in [0.717, 1.165) is 30.3 Å². The summed E-state index contributed by atoms with van der Waals surface area (Å²) in [4.78, 5) is 33.8. The standard InChI is InChI=1S/C16H26N6O6/c17-5-3-1-2-4-6-18-15-20-12-9(13(26)21-15)19-16(27)22(12)14-11(25)10(24)8(7-23)28-14/h8,10-11,14,23-25H,1-7,17H2,(H,19,27)(H2,18,20,21,26)/t8-,10-,11-,14-/m1/s1. The zero-order valence-electron chi connectivity index (χ0n) is 15.3. The van der Waals surface area contributed by atoms with Gasteiger partial charge in [0, 0.05) is 6.54 Å². The van der Waals surface area contributed by atoms with Gasteiger partial charge in [-0.2, -0.15) is 4.98 Å². The minimum absolute atomic E-state index is 0.0192. The van der Waals surface area contributed by atoms with Crippen LogP contribution in [0.1, 0.15) is 31.9 Å². The molecule has 12 nitrogen and oxygen atoms in total. The van der Waals surface area contributed by atoms with Crippen LogP contribution in [0.25, 0.3) is 11.2 Å². The van der Waals surface area contributed by atoms with Gasteiger partial charge in [-0.05, 0) is 19.4 Å². The maximum absolute atomic E-state index is 12.3. The van der Waals surface area contributed by atoms with Crippen molar-refractivity contribution in [2.24, 2.45) is 5.73 Å². The van der Waals surface area contributed by atoms with Crippen LogP contribution in [0.4, 0.5) is 5.95 Å². The SMILES string of the molecule is NCCCCCCNc1nc2c([nH]c(=O)n2[C@@H]2O[C@H](CO)[C@@H](O)[C@H]2O)c(=O)[nH]1. The lowest BCUT2D eigenvalue weighted by molar-refractivity contribution is -0.0524. The number of nitrogens with two attached hydrogens (primary N) is 1. The highest BCUT2D eigenvalue weighted by Gasteiger charge is 2.44. The van der Waals surface area contributed by atoms with Crippen LogP contribution in [0.15, 0.2) is 9.59 Å². The number of hydrogen-bond acceptors (Lipinski definition) is 9. The van der Waals surface area contributed by atoms with Crippen LogP contribution in [0, 0.1) is 0 Å². The van der Waals surface area contributed by atoms with Crippen LogP contribution < -0.4 is 22.3 Å². The lowest BCUT2D eigenvalue weighted by Gasteiger charge is -2.16. The van der Waals surface area contributed by atoms with Crippen LogP contribution in [0.3, 0.4) is 0 Å². The Morgan fingerprint density at radius 1 is 1.14 bits per heavy atom. The largest absolute Gasteiger partial charge is 0.394 e. The molecule has 0 spiro atoms. The van der Waals surface area contributed by atoms with E-state index in [0.29, 0.717) is 13.1 Å². The highest BCUT2D eigenvalue weighted by atomic mass is 16.6. The van der Waals surface area contributed by atoms with Gasteiger partial charge in [0.05, 0.1) is 6.61 Å². The summed E-state index contributed by atoms with van der Waals surface area (Å²) in [6.45, 7) is 0.698. The molecule has 0 aliphatic carbocycles. The molecule has 0 unspecified atom stereocenters. The molecule has 8 N–H and O–H groups in total. The first-order valence-electron chi connectivity index (χ1n) is 9.28. The van der Waals surface area contributed by atoms with Crippen molar-refractivity contribution in [3.63, 3.8) is 0 Å². The summed E-state index contributed by atoms with van der Waals surface area (Å²) in [7, 11) is 0. The molecule has 0 radical (unpaired) electrons. The van der Waals surface area contributed by atoms with E-state index < -0.39 is 42.4 Å². The number of H-pyrrole nitrogens is 2. The van der Waals surface area contributed by atoms with Gasteiger partial charge < -0.3 is 31.1 Å². The van der Waals surface area contributed by atoms with E-state index in [1.165, 1.54) is 0 Å². The first-order valence-corrected chi connectivity index (χ1v) is 9.28. The number of aliphatic hydroxyl groups is 3. The second-order valence-corrected chi connectivity index (χ2v) is 6.77. The topological polar surface area (TPSA) is 192 Å². The van der Waals surface area contributed by atoms with Crippen molar-refractivity contribution in [3.8, 4) is 0 Å². The summed E-state index contributed by atoms with van der Waals surface area (Å²) in [6, 6.07) is 0. The number of rotatable bonds is 9. The molecule has 0 aromatic carbocycles. The number of imidazole rings is 1. The van der Waals surface area contributed by atoms with E-state index in [9.17, 15) is 24.9 Å². The van der Waals surface area contributed by atoms with Gasteiger partial charge in [-0.15, -0.1) is 0 Å². The number of fused-ring (bicyclic) bond motifs is 1. The Kier molecular flexibility index (Phi) is 6.46. The van der Waals surface area contributed by atoms with Gasteiger partial charge in [0.1, 0.15) is 18.3 Å². The van der Waals surface area contributed by atoms with Gasteiger partial charge in [0.15, 0.2) is 17.4 Å². The third-order valence-corrected chi connectivity index (χ3v) is 4.77. The average molecular weight is 398 g/mol. The number of anilines is 1. The fraction of sp³-hybridized carbons (Fsp3) is 0.688. The van der Waals surface area contributed by atoms with Crippen molar-refractivity contribution in [1.29, 1.82) is 0 Å². The fourth-order valence-electron chi connectivity index (χ4n) is 3.25. The van der Waals surface area contributed by atoms with Crippen LogP contribution in [-0.4, -0.2) is 72.8 Å². The second kappa shape index (κ2) is 8.84. The van der Waals surface area contributed by atoms with E-state index in [1.807, 2.05) is 0 Å². The van der Waals surface area contributed by atoms with Crippen LogP contribution in [0.2, 0.25) is 0 Å². The summed E-state index contributed by atoms with van der Waals surface area (Å²) < 4.78 is 6.37. The van der Waals surface area contributed by atoms with E-state index in [-0.39, 0.29) is 17.1 Å². The summed E-state index contributed by atoms with van der Waals surface area (Å²) in [5, 5.41) is 32.4. The molecule has 3 heterocycles. The van der Waals surface area contributed by atoms with Crippen molar-refractivity contribution in [3.05, 3.63) is 20.8 Å². The Morgan fingerprint density at radius 3 is 2.57 bits per heavy atom. The van der Waals surface area contributed by atoms with Gasteiger partial charge in [-0.1, -0.05) is 12.8 Å². The van der Waals surface area contributed by atoms with Crippen molar-refractivity contribution in [2.75, 3.05) is 25.0 Å². The number of hydrogen-bond donors (Lipinski definition) is 7. The number of aliphatic hydroxyl groups excluding tert-OH is 3. The second-order valence-electron chi connectivity index (χ2n) is 6.77. The van der Waals surface area contributed by atoms with Gasteiger partial charge in [0.2, 0.25) is 5.95 Å². The number of aromatic amines is 2. The zero-order valence-corrected chi connectivity index (χ0v) is 15.3. The Labute approximate surface area is 159 Å².